The van der Waals surface area contributed by atoms with Crippen molar-refractivity contribution in [2.45, 2.75) is 24.4 Å². The van der Waals surface area contributed by atoms with Gasteiger partial charge in [-0.25, -0.2) is 4.98 Å². The SMILES string of the molecule is Cn1cncc1C(O)(c1ccc(Cl)cn1)C(c1ccc2[nH]c(=O)c(-c3cccc(Cl)c3)cc2c1)C1CC1. The standard InChI is InChI=1S/C29H24Cl2N4O2/c1-35-16-32-15-26(35)29(37,25-10-8-22(31)14-33-25)27(17-5-6-17)19-7-9-24-20(11-19)13-23(28(36)34-24)18-3-2-4-21(30)12-18/h2-4,7-17,27,37H,5-6H2,1H3,(H,34,36). The predicted octanol–water partition coefficient (Wildman–Crippen LogP) is 6.06. The zero-order valence-electron chi connectivity index (χ0n) is 20.0. The number of imidazole rings is 1. The molecule has 0 radical (unpaired) electrons. The van der Waals surface area contributed by atoms with Crippen molar-refractivity contribution in [3.05, 3.63) is 117 Å². The first-order chi connectivity index (χ1) is 17.8. The molecule has 2 atom stereocenters. The number of aromatic nitrogens is 4. The summed E-state index contributed by atoms with van der Waals surface area (Å²) in [7, 11) is 1.87. The lowest BCUT2D eigenvalue weighted by Gasteiger charge is -2.37. The number of halogens is 2. The summed E-state index contributed by atoms with van der Waals surface area (Å²) in [5, 5.41) is 14.5. The van der Waals surface area contributed by atoms with Gasteiger partial charge in [-0.15, -0.1) is 0 Å². The third kappa shape index (κ3) is 4.25. The Kier molecular flexibility index (Phi) is 5.91. The Morgan fingerprint density at radius 3 is 2.57 bits per heavy atom. The van der Waals surface area contributed by atoms with E-state index in [1.807, 2.05) is 41.9 Å². The molecular weight excluding hydrogens is 507 g/mol. The molecule has 0 aliphatic heterocycles. The molecule has 1 aliphatic rings. The van der Waals surface area contributed by atoms with Gasteiger partial charge in [-0.2, -0.15) is 0 Å². The van der Waals surface area contributed by atoms with Crippen molar-refractivity contribution >= 4 is 34.1 Å². The third-order valence-corrected chi connectivity index (χ3v) is 7.69. The molecule has 3 heterocycles. The van der Waals surface area contributed by atoms with E-state index in [1.165, 1.54) is 0 Å². The van der Waals surface area contributed by atoms with Crippen LogP contribution in [0.3, 0.4) is 0 Å². The Morgan fingerprint density at radius 1 is 1.05 bits per heavy atom. The van der Waals surface area contributed by atoms with Crippen molar-refractivity contribution < 1.29 is 5.11 Å². The van der Waals surface area contributed by atoms with Crippen molar-refractivity contribution in [3.63, 3.8) is 0 Å². The van der Waals surface area contributed by atoms with Gasteiger partial charge in [0.15, 0.2) is 5.60 Å². The number of hydrogen-bond donors (Lipinski definition) is 2. The van der Waals surface area contributed by atoms with Gasteiger partial charge in [-0.1, -0.05) is 41.4 Å². The minimum atomic E-state index is -1.44. The number of H-pyrrole nitrogens is 1. The van der Waals surface area contributed by atoms with Crippen LogP contribution in [0.4, 0.5) is 0 Å². The van der Waals surface area contributed by atoms with Crippen LogP contribution in [0.1, 0.15) is 35.7 Å². The highest BCUT2D eigenvalue weighted by Crippen LogP contribution is 2.54. The van der Waals surface area contributed by atoms with E-state index in [9.17, 15) is 9.90 Å². The van der Waals surface area contributed by atoms with Gasteiger partial charge in [-0.3, -0.25) is 9.78 Å². The topological polar surface area (TPSA) is 83.8 Å². The second-order valence-corrected chi connectivity index (χ2v) is 10.6. The summed E-state index contributed by atoms with van der Waals surface area (Å²) in [5.74, 6) is -0.0347. The normalized spacial score (nSPS) is 16.0. The largest absolute Gasteiger partial charge is 0.376 e. The van der Waals surface area contributed by atoms with Crippen LogP contribution < -0.4 is 5.56 Å². The summed E-state index contributed by atoms with van der Waals surface area (Å²) in [6.07, 6.45) is 6.93. The zero-order valence-corrected chi connectivity index (χ0v) is 21.5. The molecule has 1 fully saturated rings. The lowest BCUT2D eigenvalue weighted by molar-refractivity contribution is 0.0299. The maximum Gasteiger partial charge on any atom is 0.256 e. The minimum Gasteiger partial charge on any atom is -0.376 e. The molecule has 2 aromatic carbocycles. The Bertz CT molecular complexity index is 1670. The van der Waals surface area contributed by atoms with Crippen LogP contribution in [0.2, 0.25) is 10.0 Å². The molecule has 2 N–H and O–H groups in total. The number of hydrogen-bond acceptors (Lipinski definition) is 4. The molecule has 1 aliphatic carbocycles. The van der Waals surface area contributed by atoms with Crippen molar-refractivity contribution in [2.24, 2.45) is 13.0 Å². The van der Waals surface area contributed by atoms with Gasteiger partial charge in [0.25, 0.3) is 5.56 Å². The van der Waals surface area contributed by atoms with Gasteiger partial charge in [0.05, 0.1) is 28.9 Å². The molecule has 0 spiro atoms. The Morgan fingerprint density at radius 2 is 1.89 bits per heavy atom. The molecule has 6 rings (SSSR count). The summed E-state index contributed by atoms with van der Waals surface area (Å²) >= 11 is 12.3. The smallest absolute Gasteiger partial charge is 0.256 e. The first-order valence-corrected chi connectivity index (χ1v) is 12.8. The fourth-order valence-corrected chi connectivity index (χ4v) is 5.65. The van der Waals surface area contributed by atoms with E-state index in [0.717, 1.165) is 34.9 Å². The zero-order chi connectivity index (χ0) is 25.7. The van der Waals surface area contributed by atoms with Crippen molar-refractivity contribution in [1.29, 1.82) is 0 Å². The van der Waals surface area contributed by atoms with E-state index in [0.29, 0.717) is 27.0 Å². The summed E-state index contributed by atoms with van der Waals surface area (Å²) in [6, 6.07) is 18.6. The number of aromatic amines is 1. The Balaban J connectivity index is 1.54. The summed E-state index contributed by atoms with van der Waals surface area (Å²) in [4.78, 5) is 24.7. The lowest BCUT2D eigenvalue weighted by Crippen LogP contribution is -2.38. The maximum absolute atomic E-state index is 12.9. The van der Waals surface area contributed by atoms with E-state index in [1.54, 1.807) is 43.0 Å². The van der Waals surface area contributed by atoms with Gasteiger partial charge in [0.2, 0.25) is 0 Å². The summed E-state index contributed by atoms with van der Waals surface area (Å²) < 4.78 is 1.83. The molecule has 2 unspecified atom stereocenters. The molecule has 37 heavy (non-hydrogen) atoms. The number of pyridine rings is 2. The third-order valence-electron chi connectivity index (χ3n) is 7.23. The Labute approximate surface area is 223 Å². The number of fused-ring (bicyclic) bond motifs is 1. The summed E-state index contributed by atoms with van der Waals surface area (Å²) in [5.41, 5.74) is 2.51. The molecule has 8 heteroatoms. The van der Waals surface area contributed by atoms with Gasteiger partial charge in [0.1, 0.15) is 0 Å². The fraction of sp³-hybridized carbons (Fsp3) is 0.207. The van der Waals surface area contributed by atoms with E-state index in [2.05, 4.69) is 21.0 Å². The van der Waals surface area contributed by atoms with Crippen molar-refractivity contribution in [3.8, 4) is 11.1 Å². The van der Waals surface area contributed by atoms with E-state index >= 15 is 0 Å². The Hall–Kier alpha value is -3.45. The van der Waals surface area contributed by atoms with Crippen LogP contribution in [0.15, 0.2) is 84.2 Å². The number of benzene rings is 2. The van der Waals surface area contributed by atoms with Crippen LogP contribution in [0.5, 0.6) is 0 Å². The van der Waals surface area contributed by atoms with Crippen LogP contribution in [-0.4, -0.2) is 24.6 Å². The van der Waals surface area contributed by atoms with Crippen LogP contribution in [-0.2, 0) is 12.6 Å². The van der Waals surface area contributed by atoms with E-state index < -0.39 is 5.60 Å². The van der Waals surface area contributed by atoms with E-state index in [-0.39, 0.29) is 17.4 Å². The van der Waals surface area contributed by atoms with Crippen molar-refractivity contribution in [1.82, 2.24) is 19.5 Å². The van der Waals surface area contributed by atoms with E-state index in [4.69, 9.17) is 23.2 Å². The van der Waals surface area contributed by atoms with Gasteiger partial charge < -0.3 is 14.7 Å². The first kappa shape index (κ1) is 23.9. The average molecular weight is 531 g/mol. The molecule has 0 saturated heterocycles. The number of aryl methyl sites for hydroxylation is 1. The lowest BCUT2D eigenvalue weighted by atomic mass is 9.74. The summed E-state index contributed by atoms with van der Waals surface area (Å²) in [6.45, 7) is 0. The fourth-order valence-electron chi connectivity index (χ4n) is 5.35. The molecule has 3 aromatic heterocycles. The predicted molar refractivity (Wildman–Crippen MR) is 146 cm³/mol. The number of nitrogens with zero attached hydrogens (tertiary/aromatic N) is 3. The quantitative estimate of drug-likeness (QED) is 0.279. The molecule has 1 saturated carbocycles. The monoisotopic (exact) mass is 530 g/mol. The second-order valence-electron chi connectivity index (χ2n) is 9.70. The second kappa shape index (κ2) is 9.14. The maximum atomic E-state index is 12.9. The highest BCUT2D eigenvalue weighted by Gasteiger charge is 2.51. The number of nitrogens with one attached hydrogen (secondary N) is 1. The average Bonchev–Trinajstić information content (AvgIpc) is 3.62. The molecular formula is C29H24Cl2N4O2. The minimum absolute atomic E-state index is 0.182. The van der Waals surface area contributed by atoms with Gasteiger partial charge in [0, 0.05) is 35.3 Å². The van der Waals surface area contributed by atoms with Crippen LogP contribution >= 0.6 is 23.2 Å². The molecule has 6 nitrogen and oxygen atoms in total. The first-order valence-electron chi connectivity index (χ1n) is 12.1. The number of aliphatic hydroxyl groups is 1. The molecule has 5 aromatic rings. The van der Waals surface area contributed by atoms with Crippen LogP contribution in [0, 0.1) is 5.92 Å². The van der Waals surface area contributed by atoms with Gasteiger partial charge >= 0.3 is 0 Å². The number of rotatable bonds is 6. The van der Waals surface area contributed by atoms with Crippen LogP contribution in [0.25, 0.3) is 22.0 Å². The molecule has 0 bridgehead atoms. The highest BCUT2D eigenvalue weighted by molar-refractivity contribution is 6.31. The van der Waals surface area contributed by atoms with Gasteiger partial charge in [-0.05, 0) is 77.7 Å². The van der Waals surface area contributed by atoms with Crippen molar-refractivity contribution in [2.75, 3.05) is 0 Å². The molecule has 186 valence electrons. The highest BCUT2D eigenvalue weighted by atomic mass is 35.5. The molecule has 0 amide bonds.